The summed E-state index contributed by atoms with van der Waals surface area (Å²) in [6, 6.07) is 14.2. The van der Waals surface area contributed by atoms with Gasteiger partial charge < -0.3 is 11.1 Å². The molecule has 0 spiro atoms. The van der Waals surface area contributed by atoms with Crippen molar-refractivity contribution in [3.8, 4) is 0 Å². The maximum Gasteiger partial charge on any atom is 0.106 e. The first-order valence-electron chi connectivity index (χ1n) is 5.81. The Balaban J connectivity index is 2.41. The number of para-hydroxylation sites is 1. The first kappa shape index (κ1) is 12.6. The molecular weight excluding hydrogens is 240 g/mol. The van der Waals surface area contributed by atoms with Crippen molar-refractivity contribution in [2.45, 2.75) is 13.8 Å². The molecule has 0 amide bonds. The van der Waals surface area contributed by atoms with Gasteiger partial charge in [-0.2, -0.15) is 0 Å². The fourth-order valence-electron chi connectivity index (χ4n) is 1.83. The molecular formula is C15H16N2S. The van der Waals surface area contributed by atoms with Gasteiger partial charge >= 0.3 is 0 Å². The van der Waals surface area contributed by atoms with Crippen LogP contribution >= 0.6 is 12.2 Å². The Morgan fingerprint density at radius 1 is 1.06 bits per heavy atom. The molecule has 0 bridgehead atoms. The van der Waals surface area contributed by atoms with Crippen molar-refractivity contribution in [3.63, 3.8) is 0 Å². The number of nitrogens with two attached hydrogens (primary N) is 1. The highest BCUT2D eigenvalue weighted by Gasteiger charge is 2.06. The van der Waals surface area contributed by atoms with Gasteiger partial charge in [0.2, 0.25) is 0 Å². The van der Waals surface area contributed by atoms with Crippen molar-refractivity contribution >= 4 is 28.6 Å². The van der Waals surface area contributed by atoms with Crippen molar-refractivity contribution in [2.75, 3.05) is 5.32 Å². The highest BCUT2D eigenvalue weighted by Crippen LogP contribution is 2.24. The molecule has 0 atom stereocenters. The van der Waals surface area contributed by atoms with Gasteiger partial charge in [0.1, 0.15) is 4.99 Å². The molecule has 0 aliphatic rings. The topological polar surface area (TPSA) is 38.0 Å². The molecule has 2 aromatic carbocycles. The molecule has 0 saturated carbocycles. The molecule has 0 unspecified atom stereocenters. The summed E-state index contributed by atoms with van der Waals surface area (Å²) in [6.45, 7) is 4.09. The number of aryl methyl sites for hydroxylation is 2. The molecule has 2 rings (SSSR count). The molecule has 0 aliphatic carbocycles. The minimum Gasteiger partial charge on any atom is -0.389 e. The quantitative estimate of drug-likeness (QED) is 0.823. The van der Waals surface area contributed by atoms with Crippen LogP contribution in [0.15, 0.2) is 42.5 Å². The van der Waals surface area contributed by atoms with Gasteiger partial charge in [0.25, 0.3) is 0 Å². The van der Waals surface area contributed by atoms with Gasteiger partial charge in [-0.1, -0.05) is 42.0 Å². The average molecular weight is 256 g/mol. The van der Waals surface area contributed by atoms with E-state index in [9.17, 15) is 0 Å². The van der Waals surface area contributed by atoms with Gasteiger partial charge in [-0.05, 0) is 37.6 Å². The van der Waals surface area contributed by atoms with Crippen molar-refractivity contribution in [3.05, 3.63) is 59.2 Å². The highest BCUT2D eigenvalue weighted by atomic mass is 32.1. The lowest BCUT2D eigenvalue weighted by Crippen LogP contribution is -2.12. The van der Waals surface area contributed by atoms with Gasteiger partial charge in [-0.3, -0.25) is 0 Å². The van der Waals surface area contributed by atoms with Crippen LogP contribution in [0.1, 0.15) is 16.7 Å². The fourth-order valence-corrected chi connectivity index (χ4v) is 2.00. The van der Waals surface area contributed by atoms with E-state index in [1.807, 2.05) is 43.3 Å². The summed E-state index contributed by atoms with van der Waals surface area (Å²) in [6.07, 6.45) is 0. The van der Waals surface area contributed by atoms with E-state index < -0.39 is 0 Å². The number of hydrogen-bond donors (Lipinski definition) is 2. The van der Waals surface area contributed by atoms with Crippen LogP contribution in [-0.4, -0.2) is 4.99 Å². The number of anilines is 2. The lowest BCUT2D eigenvalue weighted by atomic mass is 10.1. The minimum absolute atomic E-state index is 0.412. The Bertz CT molecular complexity index is 591. The monoisotopic (exact) mass is 256 g/mol. The van der Waals surface area contributed by atoms with Crippen molar-refractivity contribution in [2.24, 2.45) is 5.73 Å². The third kappa shape index (κ3) is 2.68. The van der Waals surface area contributed by atoms with Gasteiger partial charge in [-0.15, -0.1) is 0 Å². The first-order chi connectivity index (χ1) is 8.58. The fraction of sp³-hybridized carbons (Fsp3) is 0.133. The van der Waals surface area contributed by atoms with Crippen LogP contribution in [0, 0.1) is 13.8 Å². The van der Waals surface area contributed by atoms with E-state index in [0.29, 0.717) is 4.99 Å². The van der Waals surface area contributed by atoms with E-state index in [-0.39, 0.29) is 0 Å². The van der Waals surface area contributed by atoms with Crippen LogP contribution in [-0.2, 0) is 0 Å². The second kappa shape index (κ2) is 5.19. The van der Waals surface area contributed by atoms with Crippen LogP contribution < -0.4 is 11.1 Å². The largest absolute Gasteiger partial charge is 0.389 e. The predicted octanol–water partition coefficient (Wildman–Crippen LogP) is 3.68. The molecule has 2 nitrogen and oxygen atoms in total. The summed E-state index contributed by atoms with van der Waals surface area (Å²) in [7, 11) is 0. The summed E-state index contributed by atoms with van der Waals surface area (Å²) >= 11 is 5.10. The Morgan fingerprint density at radius 3 is 2.44 bits per heavy atom. The van der Waals surface area contributed by atoms with Gasteiger partial charge in [0, 0.05) is 16.9 Å². The number of benzene rings is 2. The summed E-state index contributed by atoms with van der Waals surface area (Å²) in [5.74, 6) is 0. The SMILES string of the molecule is Cc1ccc(Nc2ccccc2C)c(C(N)=S)c1. The zero-order valence-electron chi connectivity index (χ0n) is 10.5. The molecule has 0 heterocycles. The van der Waals surface area contributed by atoms with Gasteiger partial charge in [-0.25, -0.2) is 0 Å². The molecule has 3 N–H and O–H groups in total. The predicted molar refractivity (Wildman–Crippen MR) is 81.5 cm³/mol. The van der Waals surface area contributed by atoms with Crippen molar-refractivity contribution in [1.82, 2.24) is 0 Å². The first-order valence-corrected chi connectivity index (χ1v) is 6.22. The Labute approximate surface area is 113 Å². The summed E-state index contributed by atoms with van der Waals surface area (Å²) < 4.78 is 0. The molecule has 18 heavy (non-hydrogen) atoms. The zero-order chi connectivity index (χ0) is 13.1. The summed E-state index contributed by atoms with van der Waals surface area (Å²) in [5.41, 5.74) is 11.0. The minimum atomic E-state index is 0.412. The van der Waals surface area contributed by atoms with Crippen LogP contribution in [0.5, 0.6) is 0 Å². The highest BCUT2D eigenvalue weighted by molar-refractivity contribution is 7.80. The maximum atomic E-state index is 5.77. The van der Waals surface area contributed by atoms with Crippen molar-refractivity contribution in [1.29, 1.82) is 0 Å². The lowest BCUT2D eigenvalue weighted by Gasteiger charge is -2.13. The molecule has 0 aliphatic heterocycles. The lowest BCUT2D eigenvalue weighted by molar-refractivity contribution is 1.40. The maximum absolute atomic E-state index is 5.77. The summed E-state index contributed by atoms with van der Waals surface area (Å²) in [4.78, 5) is 0.412. The third-order valence-electron chi connectivity index (χ3n) is 2.85. The van der Waals surface area contributed by atoms with Crippen molar-refractivity contribution < 1.29 is 0 Å². The summed E-state index contributed by atoms with van der Waals surface area (Å²) in [5, 5.41) is 3.38. The van der Waals surface area contributed by atoms with Crippen LogP contribution in [0.2, 0.25) is 0 Å². The standard InChI is InChI=1S/C15H16N2S/c1-10-7-8-14(12(9-10)15(16)18)17-13-6-4-3-5-11(13)2/h3-9,17H,1-2H3,(H2,16,18). The smallest absolute Gasteiger partial charge is 0.106 e. The van der Waals surface area contributed by atoms with Crippen LogP contribution in [0.25, 0.3) is 0 Å². The van der Waals surface area contributed by atoms with Gasteiger partial charge in [0.05, 0.1) is 0 Å². The second-order valence-corrected chi connectivity index (χ2v) is 4.79. The average Bonchev–Trinajstić information content (AvgIpc) is 2.34. The van der Waals surface area contributed by atoms with E-state index in [1.165, 1.54) is 5.56 Å². The number of nitrogens with one attached hydrogen (secondary N) is 1. The molecule has 0 saturated heterocycles. The Hall–Kier alpha value is -1.87. The Morgan fingerprint density at radius 2 is 1.78 bits per heavy atom. The molecule has 2 aromatic rings. The number of hydrogen-bond acceptors (Lipinski definition) is 2. The van der Waals surface area contributed by atoms with E-state index in [2.05, 4.69) is 18.3 Å². The van der Waals surface area contributed by atoms with E-state index in [0.717, 1.165) is 22.5 Å². The molecule has 3 heteroatoms. The van der Waals surface area contributed by atoms with E-state index in [4.69, 9.17) is 18.0 Å². The number of thiocarbonyl (C=S) groups is 1. The van der Waals surface area contributed by atoms with E-state index >= 15 is 0 Å². The van der Waals surface area contributed by atoms with Crippen LogP contribution in [0.4, 0.5) is 11.4 Å². The Kier molecular flexibility index (Phi) is 3.63. The molecule has 92 valence electrons. The second-order valence-electron chi connectivity index (χ2n) is 4.35. The van der Waals surface area contributed by atoms with E-state index in [1.54, 1.807) is 0 Å². The molecule has 0 radical (unpaired) electrons. The normalized spacial score (nSPS) is 10.1. The zero-order valence-corrected chi connectivity index (χ0v) is 11.3. The number of rotatable bonds is 3. The molecule has 0 fully saturated rings. The van der Waals surface area contributed by atoms with Crippen LogP contribution in [0.3, 0.4) is 0 Å². The third-order valence-corrected chi connectivity index (χ3v) is 3.07. The molecule has 0 aromatic heterocycles. The van der Waals surface area contributed by atoms with Gasteiger partial charge in [0.15, 0.2) is 0 Å².